The van der Waals surface area contributed by atoms with E-state index in [4.69, 9.17) is 4.74 Å². The number of sulfonamides is 1. The second kappa shape index (κ2) is 9.40. The lowest BCUT2D eigenvalue weighted by Gasteiger charge is -2.13. The number of aryl methyl sites for hydroxylation is 1. The summed E-state index contributed by atoms with van der Waals surface area (Å²) in [7, 11) is -2.44. The van der Waals surface area contributed by atoms with Gasteiger partial charge >= 0.3 is 0 Å². The highest BCUT2D eigenvalue weighted by atomic mass is 32.2. The molecule has 0 unspecified atom stereocenters. The van der Waals surface area contributed by atoms with Crippen molar-refractivity contribution in [3.63, 3.8) is 0 Å². The van der Waals surface area contributed by atoms with Gasteiger partial charge in [0.05, 0.1) is 28.3 Å². The summed E-state index contributed by atoms with van der Waals surface area (Å²) in [6.07, 6.45) is 3.97. The SMILES string of the molecule is COc1ccc(-c2sc(NC(=O)C3CCCC3)nc2C)cc1NS(=O)(=O)c1ccc(O)cc1. The number of methoxy groups -OCH3 is 1. The number of benzene rings is 2. The molecule has 0 atom stereocenters. The maximum absolute atomic E-state index is 12.8. The molecule has 8 nitrogen and oxygen atoms in total. The molecule has 1 amide bonds. The molecule has 3 aromatic rings. The molecule has 0 radical (unpaired) electrons. The van der Waals surface area contributed by atoms with E-state index < -0.39 is 10.0 Å². The Kier molecular flexibility index (Phi) is 6.57. The first-order valence-corrected chi connectivity index (χ1v) is 12.9. The summed E-state index contributed by atoms with van der Waals surface area (Å²) in [6, 6.07) is 10.4. The maximum Gasteiger partial charge on any atom is 0.262 e. The van der Waals surface area contributed by atoms with E-state index >= 15 is 0 Å². The summed E-state index contributed by atoms with van der Waals surface area (Å²) in [5.41, 5.74) is 1.75. The first-order valence-electron chi connectivity index (χ1n) is 10.6. The van der Waals surface area contributed by atoms with Crippen molar-refractivity contribution in [2.45, 2.75) is 37.5 Å². The molecule has 1 aliphatic rings. The number of phenols is 1. The number of hydrogen-bond donors (Lipinski definition) is 3. The van der Waals surface area contributed by atoms with Crippen LogP contribution in [0.15, 0.2) is 47.4 Å². The molecule has 0 aliphatic heterocycles. The van der Waals surface area contributed by atoms with Crippen LogP contribution in [0.4, 0.5) is 10.8 Å². The molecule has 0 bridgehead atoms. The van der Waals surface area contributed by atoms with Crippen LogP contribution >= 0.6 is 11.3 Å². The smallest absolute Gasteiger partial charge is 0.262 e. The van der Waals surface area contributed by atoms with Gasteiger partial charge in [0, 0.05) is 5.92 Å². The van der Waals surface area contributed by atoms with Gasteiger partial charge in [0.1, 0.15) is 11.5 Å². The lowest BCUT2D eigenvalue weighted by Crippen LogP contribution is -2.20. The minimum atomic E-state index is -3.90. The number of carbonyl (C=O) groups excluding carboxylic acids is 1. The molecule has 10 heteroatoms. The van der Waals surface area contributed by atoms with Crippen molar-refractivity contribution in [3.8, 4) is 21.9 Å². The van der Waals surface area contributed by atoms with E-state index in [1.54, 1.807) is 12.1 Å². The lowest BCUT2D eigenvalue weighted by atomic mass is 10.1. The Labute approximate surface area is 196 Å². The minimum absolute atomic E-state index is 0.00452. The minimum Gasteiger partial charge on any atom is -0.508 e. The van der Waals surface area contributed by atoms with E-state index in [1.807, 2.05) is 13.0 Å². The normalized spacial score (nSPS) is 14.2. The summed E-state index contributed by atoms with van der Waals surface area (Å²) < 4.78 is 33.6. The summed E-state index contributed by atoms with van der Waals surface area (Å²) in [5.74, 6) is 0.382. The maximum atomic E-state index is 12.8. The predicted molar refractivity (Wildman–Crippen MR) is 128 cm³/mol. The highest BCUT2D eigenvalue weighted by molar-refractivity contribution is 7.92. The summed E-state index contributed by atoms with van der Waals surface area (Å²) in [5, 5.41) is 12.9. The number of aromatic nitrogens is 1. The van der Waals surface area contributed by atoms with Crippen LogP contribution in [0, 0.1) is 12.8 Å². The van der Waals surface area contributed by atoms with Gasteiger partial charge in [-0.2, -0.15) is 0 Å². The predicted octanol–water partition coefficient (Wildman–Crippen LogP) is 4.76. The quantitative estimate of drug-likeness (QED) is 0.442. The van der Waals surface area contributed by atoms with Crippen LogP contribution < -0.4 is 14.8 Å². The fourth-order valence-electron chi connectivity index (χ4n) is 3.87. The molecule has 1 fully saturated rings. The zero-order chi connectivity index (χ0) is 23.6. The number of ether oxygens (including phenoxy) is 1. The zero-order valence-electron chi connectivity index (χ0n) is 18.3. The monoisotopic (exact) mass is 487 g/mol. The fraction of sp³-hybridized carbons (Fsp3) is 0.304. The van der Waals surface area contributed by atoms with Crippen LogP contribution in [0.2, 0.25) is 0 Å². The Bertz CT molecular complexity index is 1260. The number of carbonyl (C=O) groups is 1. The molecule has 33 heavy (non-hydrogen) atoms. The van der Waals surface area contributed by atoms with Crippen molar-refractivity contribution in [1.82, 2.24) is 4.98 Å². The Morgan fingerprint density at radius 3 is 2.52 bits per heavy atom. The molecule has 174 valence electrons. The summed E-state index contributed by atoms with van der Waals surface area (Å²) >= 11 is 1.35. The first kappa shape index (κ1) is 23.1. The van der Waals surface area contributed by atoms with Crippen molar-refractivity contribution in [2.75, 3.05) is 17.1 Å². The number of hydrogen-bond acceptors (Lipinski definition) is 7. The van der Waals surface area contributed by atoms with Gasteiger partial charge in [-0.1, -0.05) is 24.2 Å². The average Bonchev–Trinajstić information content (AvgIpc) is 3.44. The Balaban J connectivity index is 1.61. The van der Waals surface area contributed by atoms with Crippen LogP contribution in [0.25, 0.3) is 10.4 Å². The van der Waals surface area contributed by atoms with Gasteiger partial charge in [-0.05, 0) is 67.8 Å². The second-order valence-corrected chi connectivity index (χ2v) is 10.6. The van der Waals surface area contributed by atoms with Gasteiger partial charge in [0.15, 0.2) is 5.13 Å². The molecule has 4 rings (SSSR count). The van der Waals surface area contributed by atoms with Crippen LogP contribution in [0.5, 0.6) is 11.5 Å². The largest absolute Gasteiger partial charge is 0.508 e. The van der Waals surface area contributed by atoms with Crippen LogP contribution in [0.1, 0.15) is 31.4 Å². The van der Waals surface area contributed by atoms with E-state index in [1.165, 1.54) is 42.7 Å². The van der Waals surface area contributed by atoms with Crippen LogP contribution in [-0.4, -0.2) is 31.5 Å². The van der Waals surface area contributed by atoms with E-state index in [9.17, 15) is 18.3 Å². The van der Waals surface area contributed by atoms with E-state index in [0.717, 1.165) is 41.8 Å². The number of thiazole rings is 1. The highest BCUT2D eigenvalue weighted by Crippen LogP contribution is 2.38. The van der Waals surface area contributed by atoms with Gasteiger partial charge < -0.3 is 15.2 Å². The molecule has 0 spiro atoms. The van der Waals surface area contributed by atoms with Crippen molar-refractivity contribution in [1.29, 1.82) is 0 Å². The molecule has 1 saturated carbocycles. The number of anilines is 2. The number of amides is 1. The first-order chi connectivity index (χ1) is 15.8. The standard InChI is InChI=1S/C23H25N3O5S2/c1-14-21(32-23(24-14)25-22(28)15-5-3-4-6-15)16-7-12-20(31-2)19(13-16)26-33(29,30)18-10-8-17(27)9-11-18/h7-13,15,26-27H,3-6H2,1-2H3,(H,24,25,28). The number of nitrogens with zero attached hydrogens (tertiary/aromatic N) is 1. The molecule has 3 N–H and O–H groups in total. The van der Waals surface area contributed by atoms with Gasteiger partial charge in [-0.15, -0.1) is 0 Å². The van der Waals surface area contributed by atoms with Crippen molar-refractivity contribution in [3.05, 3.63) is 48.2 Å². The number of phenolic OH excluding ortho intramolecular Hbond substituents is 1. The molecule has 1 heterocycles. The molecule has 0 saturated heterocycles. The topological polar surface area (TPSA) is 118 Å². The molecule has 1 aliphatic carbocycles. The molecular formula is C23H25N3O5S2. The molecule has 2 aromatic carbocycles. The van der Waals surface area contributed by atoms with E-state index in [-0.39, 0.29) is 28.2 Å². The van der Waals surface area contributed by atoms with Crippen LogP contribution in [-0.2, 0) is 14.8 Å². The number of aromatic hydroxyl groups is 1. The molecular weight excluding hydrogens is 462 g/mol. The lowest BCUT2D eigenvalue weighted by molar-refractivity contribution is -0.119. The average molecular weight is 488 g/mol. The molecule has 1 aromatic heterocycles. The summed E-state index contributed by atoms with van der Waals surface area (Å²) in [4.78, 5) is 17.8. The van der Waals surface area contributed by atoms with Crippen LogP contribution in [0.3, 0.4) is 0 Å². The third-order valence-electron chi connectivity index (χ3n) is 5.61. The highest BCUT2D eigenvalue weighted by Gasteiger charge is 2.24. The van der Waals surface area contributed by atoms with E-state index in [0.29, 0.717) is 10.9 Å². The third kappa shape index (κ3) is 5.12. The number of rotatable bonds is 7. The van der Waals surface area contributed by atoms with Crippen molar-refractivity contribution in [2.24, 2.45) is 5.92 Å². The summed E-state index contributed by atoms with van der Waals surface area (Å²) in [6.45, 7) is 1.85. The Morgan fingerprint density at radius 2 is 1.85 bits per heavy atom. The second-order valence-electron chi connectivity index (χ2n) is 7.92. The van der Waals surface area contributed by atoms with Crippen molar-refractivity contribution < 1.29 is 23.1 Å². The van der Waals surface area contributed by atoms with E-state index in [2.05, 4.69) is 15.0 Å². The van der Waals surface area contributed by atoms with Crippen molar-refractivity contribution >= 4 is 38.1 Å². The Morgan fingerprint density at radius 1 is 1.15 bits per heavy atom. The zero-order valence-corrected chi connectivity index (χ0v) is 19.9. The Hall–Kier alpha value is -3.11. The van der Waals surface area contributed by atoms with Gasteiger partial charge in [-0.3, -0.25) is 9.52 Å². The van der Waals surface area contributed by atoms with Gasteiger partial charge in [-0.25, -0.2) is 13.4 Å². The van der Waals surface area contributed by atoms with Gasteiger partial charge in [0.25, 0.3) is 10.0 Å². The number of nitrogens with one attached hydrogen (secondary N) is 2. The fourth-order valence-corrected chi connectivity index (χ4v) is 5.90. The third-order valence-corrected chi connectivity index (χ3v) is 8.11. The van der Waals surface area contributed by atoms with Gasteiger partial charge in [0.2, 0.25) is 5.91 Å².